The number of carbonyl (C=O) groups excluding carboxylic acids is 3. The van der Waals surface area contributed by atoms with E-state index in [0.717, 1.165) is 22.0 Å². The molecule has 9 heteroatoms. The van der Waals surface area contributed by atoms with Gasteiger partial charge in [-0.05, 0) is 41.5 Å². The van der Waals surface area contributed by atoms with E-state index in [0.29, 0.717) is 23.4 Å². The Morgan fingerprint density at radius 1 is 1.03 bits per heavy atom. The van der Waals surface area contributed by atoms with Gasteiger partial charge in [0.1, 0.15) is 6.04 Å². The second-order valence-corrected chi connectivity index (χ2v) is 8.84. The van der Waals surface area contributed by atoms with E-state index < -0.39 is 6.04 Å². The van der Waals surface area contributed by atoms with Gasteiger partial charge in [0.2, 0.25) is 17.8 Å². The zero-order chi connectivity index (χ0) is 25.9. The van der Waals surface area contributed by atoms with Crippen molar-refractivity contribution in [1.82, 2.24) is 15.2 Å². The van der Waals surface area contributed by atoms with Gasteiger partial charge in [-0.3, -0.25) is 24.6 Å². The molecule has 1 saturated heterocycles. The summed E-state index contributed by atoms with van der Waals surface area (Å²) >= 11 is 0. The van der Waals surface area contributed by atoms with Crippen molar-refractivity contribution in [2.45, 2.75) is 25.9 Å². The maximum Gasteiger partial charge on any atom is 0.255 e. The van der Waals surface area contributed by atoms with Crippen LogP contribution < -0.4 is 16.4 Å². The normalized spacial score (nSPS) is 16.2. The van der Waals surface area contributed by atoms with Crippen molar-refractivity contribution in [2.24, 2.45) is 4.99 Å². The lowest BCUT2D eigenvalue weighted by molar-refractivity contribution is -0.131. The Morgan fingerprint density at radius 2 is 1.76 bits per heavy atom. The molecule has 5 rings (SSSR count). The Morgan fingerprint density at radius 3 is 2.51 bits per heavy atom. The lowest BCUT2D eigenvalue weighted by atomic mass is 10.0. The topological polar surface area (TPSA) is 133 Å². The highest BCUT2D eigenvalue weighted by Crippen LogP contribution is 2.23. The molecule has 1 fully saturated rings. The maximum atomic E-state index is 12.8. The van der Waals surface area contributed by atoms with Crippen molar-refractivity contribution in [3.05, 3.63) is 95.7 Å². The van der Waals surface area contributed by atoms with E-state index >= 15 is 0 Å². The largest absolute Gasteiger partial charge is 0.397 e. The second kappa shape index (κ2) is 9.98. The number of para-hydroxylation sites is 3. The van der Waals surface area contributed by atoms with Gasteiger partial charge in [0.25, 0.3) is 5.91 Å². The average molecular weight is 495 g/mol. The molecule has 3 amide bonds. The van der Waals surface area contributed by atoms with Crippen molar-refractivity contribution in [3.8, 4) is 0 Å². The van der Waals surface area contributed by atoms with Gasteiger partial charge in [0, 0.05) is 36.0 Å². The molecule has 2 heterocycles. The number of nitrogens with zero attached hydrogens (tertiary/aromatic N) is 2. The first-order valence-corrected chi connectivity index (χ1v) is 11.9. The van der Waals surface area contributed by atoms with Gasteiger partial charge >= 0.3 is 0 Å². The Hall–Kier alpha value is -4.92. The SMILES string of the molecule is CC(=O)N1C(=NCc2ccc(C(=O)Nc3ccccc3N)cc2)NC(=O)C1Cc1c[nH]c2ccccc12. The van der Waals surface area contributed by atoms with Gasteiger partial charge < -0.3 is 16.0 Å². The van der Waals surface area contributed by atoms with Crippen LogP contribution in [-0.2, 0) is 22.6 Å². The number of nitrogen functional groups attached to an aromatic ring is 1. The quantitative estimate of drug-likeness (QED) is 0.306. The molecule has 0 bridgehead atoms. The molecule has 0 spiro atoms. The standard InChI is InChI=1S/C28H26N6O3/c1-17(35)34-25(14-20-16-30-23-8-4-2-6-21(20)23)27(37)33-28(34)31-15-18-10-12-19(13-11-18)26(36)32-24-9-5-3-7-22(24)29/h2-13,16,25,30H,14-15,29H2,1H3,(H,32,36)(H,31,33,37). The Kier molecular flexibility index (Phi) is 6.42. The zero-order valence-corrected chi connectivity index (χ0v) is 20.2. The lowest BCUT2D eigenvalue weighted by Gasteiger charge is -2.20. The summed E-state index contributed by atoms with van der Waals surface area (Å²) in [7, 11) is 0. The number of benzene rings is 3. The fourth-order valence-electron chi connectivity index (χ4n) is 4.43. The van der Waals surface area contributed by atoms with Gasteiger partial charge in [0.15, 0.2) is 0 Å². The first kappa shape index (κ1) is 23.8. The molecule has 0 aliphatic carbocycles. The number of amides is 3. The minimum atomic E-state index is -0.688. The van der Waals surface area contributed by atoms with E-state index in [9.17, 15) is 14.4 Å². The summed E-state index contributed by atoms with van der Waals surface area (Å²) in [4.78, 5) is 47.0. The van der Waals surface area contributed by atoms with Crippen LogP contribution in [0, 0.1) is 0 Å². The fraction of sp³-hybridized carbons (Fsp3) is 0.143. The number of carbonyl (C=O) groups is 3. The summed E-state index contributed by atoms with van der Waals surface area (Å²) in [5.74, 6) is -0.592. The summed E-state index contributed by atoms with van der Waals surface area (Å²) in [5, 5.41) is 6.57. The van der Waals surface area contributed by atoms with E-state index in [1.165, 1.54) is 11.8 Å². The van der Waals surface area contributed by atoms with Gasteiger partial charge in [-0.2, -0.15) is 0 Å². The highest BCUT2D eigenvalue weighted by molar-refractivity contribution is 6.13. The minimum absolute atomic E-state index is 0.226. The van der Waals surface area contributed by atoms with E-state index in [1.807, 2.05) is 30.5 Å². The lowest BCUT2D eigenvalue weighted by Crippen LogP contribution is -2.40. The molecule has 3 aromatic carbocycles. The van der Waals surface area contributed by atoms with Crippen LogP contribution in [0.3, 0.4) is 0 Å². The van der Waals surface area contributed by atoms with E-state index in [2.05, 4.69) is 20.6 Å². The van der Waals surface area contributed by atoms with Crippen LogP contribution in [0.1, 0.15) is 28.4 Å². The molecule has 5 N–H and O–H groups in total. The van der Waals surface area contributed by atoms with Crippen LogP contribution in [-0.4, -0.2) is 39.6 Å². The number of nitrogens with two attached hydrogens (primary N) is 1. The number of H-pyrrole nitrogens is 1. The number of aromatic amines is 1. The molecule has 1 atom stereocenters. The predicted molar refractivity (Wildman–Crippen MR) is 143 cm³/mol. The molecule has 37 heavy (non-hydrogen) atoms. The average Bonchev–Trinajstić information content (AvgIpc) is 3.45. The van der Waals surface area contributed by atoms with E-state index in [4.69, 9.17) is 5.73 Å². The van der Waals surface area contributed by atoms with Gasteiger partial charge in [-0.25, -0.2) is 4.99 Å². The molecule has 1 aliphatic rings. The molecule has 9 nitrogen and oxygen atoms in total. The molecule has 0 saturated carbocycles. The van der Waals surface area contributed by atoms with Crippen LogP contribution >= 0.6 is 0 Å². The first-order chi connectivity index (χ1) is 17.9. The summed E-state index contributed by atoms with van der Waals surface area (Å²) < 4.78 is 0. The van der Waals surface area contributed by atoms with Gasteiger partial charge in [-0.1, -0.05) is 42.5 Å². The highest BCUT2D eigenvalue weighted by atomic mass is 16.2. The number of rotatable bonds is 6. The number of aliphatic imine (C=N–C) groups is 1. The van der Waals surface area contributed by atoms with Crippen LogP contribution in [0.5, 0.6) is 0 Å². The molecule has 1 aliphatic heterocycles. The molecule has 1 unspecified atom stereocenters. The minimum Gasteiger partial charge on any atom is -0.397 e. The maximum absolute atomic E-state index is 12.8. The Bertz CT molecular complexity index is 1520. The highest BCUT2D eigenvalue weighted by Gasteiger charge is 2.39. The monoisotopic (exact) mass is 494 g/mol. The van der Waals surface area contributed by atoms with Crippen LogP contribution in [0.2, 0.25) is 0 Å². The third-order valence-corrected chi connectivity index (χ3v) is 6.34. The van der Waals surface area contributed by atoms with Crippen molar-refractivity contribution in [1.29, 1.82) is 0 Å². The van der Waals surface area contributed by atoms with Crippen molar-refractivity contribution >= 4 is 46.0 Å². The summed E-state index contributed by atoms with van der Waals surface area (Å²) in [6.07, 6.45) is 2.24. The summed E-state index contributed by atoms with van der Waals surface area (Å²) in [5.41, 5.74) is 10.1. The Balaban J connectivity index is 1.28. The van der Waals surface area contributed by atoms with Gasteiger partial charge in [-0.15, -0.1) is 0 Å². The van der Waals surface area contributed by atoms with E-state index in [-0.39, 0.29) is 30.2 Å². The number of hydrogen-bond acceptors (Lipinski definition) is 5. The third kappa shape index (κ3) is 4.92. The number of hydrogen-bond donors (Lipinski definition) is 4. The van der Waals surface area contributed by atoms with Crippen LogP contribution in [0.4, 0.5) is 11.4 Å². The van der Waals surface area contributed by atoms with Crippen LogP contribution in [0.25, 0.3) is 10.9 Å². The zero-order valence-electron chi connectivity index (χ0n) is 20.2. The van der Waals surface area contributed by atoms with E-state index in [1.54, 1.807) is 48.5 Å². The number of fused-ring (bicyclic) bond motifs is 1. The summed E-state index contributed by atoms with van der Waals surface area (Å²) in [6.45, 7) is 1.65. The van der Waals surface area contributed by atoms with Gasteiger partial charge in [0.05, 0.1) is 17.9 Å². The van der Waals surface area contributed by atoms with Crippen molar-refractivity contribution in [2.75, 3.05) is 11.1 Å². The molecule has 186 valence electrons. The van der Waals surface area contributed by atoms with Crippen molar-refractivity contribution in [3.63, 3.8) is 0 Å². The fourth-order valence-corrected chi connectivity index (χ4v) is 4.43. The number of nitrogens with one attached hydrogen (secondary N) is 3. The van der Waals surface area contributed by atoms with Crippen LogP contribution in [0.15, 0.2) is 84.0 Å². The van der Waals surface area contributed by atoms with Crippen molar-refractivity contribution < 1.29 is 14.4 Å². The third-order valence-electron chi connectivity index (χ3n) is 6.34. The second-order valence-electron chi connectivity index (χ2n) is 8.84. The molecule has 4 aromatic rings. The predicted octanol–water partition coefficient (Wildman–Crippen LogP) is 3.45. The molecular formula is C28H26N6O3. The molecule has 0 radical (unpaired) electrons. The Labute approximate surface area is 213 Å². The molecule has 1 aromatic heterocycles. The summed E-state index contributed by atoms with van der Waals surface area (Å²) in [6, 6.07) is 21.1. The smallest absolute Gasteiger partial charge is 0.255 e. The number of aromatic nitrogens is 1. The number of anilines is 2. The molecular weight excluding hydrogens is 468 g/mol. The number of guanidine groups is 1. The first-order valence-electron chi connectivity index (χ1n) is 11.9.